The molecule has 0 spiro atoms. The number of hydrogen-bond donors (Lipinski definition) is 0. The van der Waals surface area contributed by atoms with Crippen LogP contribution in [0, 0.1) is 5.92 Å². The highest BCUT2D eigenvalue weighted by atomic mass is 35.5. The summed E-state index contributed by atoms with van der Waals surface area (Å²) in [5.74, 6) is -2.14. The summed E-state index contributed by atoms with van der Waals surface area (Å²) in [6.45, 7) is 3.19. The van der Waals surface area contributed by atoms with Crippen molar-refractivity contribution in [3.63, 3.8) is 0 Å². The van der Waals surface area contributed by atoms with E-state index in [9.17, 15) is 9.59 Å². The van der Waals surface area contributed by atoms with Crippen LogP contribution < -0.4 is 10.0 Å². The molecule has 2 amide bonds. The van der Waals surface area contributed by atoms with Crippen LogP contribution in [0.4, 0.5) is 11.4 Å². The first kappa shape index (κ1) is 24.6. The number of halogens is 6. The fourth-order valence-electron chi connectivity index (χ4n) is 3.68. The largest absolute Gasteiger partial charge is 0.276 e. The maximum atomic E-state index is 13.4. The molecule has 0 aliphatic carbocycles. The van der Waals surface area contributed by atoms with Gasteiger partial charge in [-0.2, -0.15) is 20.2 Å². The number of nitrogens with zero attached hydrogens (tertiary/aromatic N) is 4. The molecule has 2 aliphatic rings. The van der Waals surface area contributed by atoms with Gasteiger partial charge in [0, 0.05) is 10.0 Å². The second-order valence-electron chi connectivity index (χ2n) is 7.48. The lowest BCUT2D eigenvalue weighted by Crippen LogP contribution is -2.53. The number of anilines is 2. The molecule has 4 rings (SSSR count). The number of carbonyl (C=O) groups is 2. The minimum Gasteiger partial charge on any atom is -0.272 e. The Morgan fingerprint density at radius 1 is 0.879 bits per heavy atom. The Balaban J connectivity index is 1.67. The quantitative estimate of drug-likeness (QED) is 0.389. The Hall–Kier alpha value is -1.54. The summed E-state index contributed by atoms with van der Waals surface area (Å²) >= 11 is 38.0. The molecule has 2 aromatic carbocycles. The number of hydrogen-bond acceptors (Lipinski definition) is 4. The van der Waals surface area contributed by atoms with Crippen LogP contribution in [0.5, 0.6) is 0 Å². The minimum atomic E-state index is -1.82. The Kier molecular flexibility index (Phi) is 6.64. The van der Waals surface area contributed by atoms with Crippen molar-refractivity contribution in [1.82, 2.24) is 0 Å². The summed E-state index contributed by atoms with van der Waals surface area (Å²) in [6, 6.07) is 9.24. The molecule has 3 atom stereocenters. The van der Waals surface area contributed by atoms with Crippen molar-refractivity contribution in [3.8, 4) is 0 Å². The Morgan fingerprint density at radius 3 is 1.91 bits per heavy atom. The van der Waals surface area contributed by atoms with Gasteiger partial charge in [0.05, 0.1) is 44.1 Å². The van der Waals surface area contributed by atoms with Gasteiger partial charge < -0.3 is 0 Å². The van der Waals surface area contributed by atoms with Crippen LogP contribution in [0.25, 0.3) is 0 Å². The van der Waals surface area contributed by atoms with Crippen LogP contribution in [-0.2, 0) is 9.59 Å². The lowest BCUT2D eigenvalue weighted by molar-refractivity contribution is -0.121. The fraction of sp³-hybridized carbons (Fsp3) is 0.238. The van der Waals surface area contributed by atoms with E-state index in [4.69, 9.17) is 69.6 Å². The highest BCUT2D eigenvalue weighted by Gasteiger charge is 2.59. The topological polar surface area (TPSA) is 65.3 Å². The number of amides is 2. The van der Waals surface area contributed by atoms with Gasteiger partial charge in [-0.3, -0.25) is 9.59 Å². The van der Waals surface area contributed by atoms with Crippen LogP contribution in [-0.4, -0.2) is 33.5 Å². The molecule has 33 heavy (non-hydrogen) atoms. The molecule has 2 aliphatic heterocycles. The maximum Gasteiger partial charge on any atom is 0.276 e. The molecular formula is C21H14Cl6N4O2. The third-order valence-corrected chi connectivity index (χ3v) is 7.85. The van der Waals surface area contributed by atoms with E-state index >= 15 is 0 Å². The summed E-state index contributed by atoms with van der Waals surface area (Å²) < 4.78 is 0. The van der Waals surface area contributed by atoms with E-state index in [-0.39, 0.29) is 21.4 Å². The fourth-order valence-corrected chi connectivity index (χ4v) is 5.45. The van der Waals surface area contributed by atoms with Gasteiger partial charge in [0.1, 0.15) is 0 Å². The van der Waals surface area contributed by atoms with Crippen molar-refractivity contribution in [1.29, 1.82) is 0 Å². The summed E-state index contributed by atoms with van der Waals surface area (Å²) in [7, 11) is 0. The van der Waals surface area contributed by atoms with Crippen LogP contribution in [0.15, 0.2) is 46.6 Å². The highest BCUT2D eigenvalue weighted by Crippen LogP contribution is 2.44. The molecule has 3 unspecified atom stereocenters. The number of alkyl halides is 2. The zero-order valence-corrected chi connectivity index (χ0v) is 21.5. The first-order valence-corrected chi connectivity index (χ1v) is 11.8. The summed E-state index contributed by atoms with van der Waals surface area (Å²) in [4.78, 5) is 24.9. The van der Waals surface area contributed by atoms with Crippen molar-refractivity contribution >= 4 is 104 Å². The molecule has 0 saturated heterocycles. The third-order valence-electron chi connectivity index (χ3n) is 5.41. The number of benzene rings is 2. The van der Waals surface area contributed by atoms with E-state index in [0.717, 1.165) is 10.0 Å². The van der Waals surface area contributed by atoms with Gasteiger partial charge in [-0.1, -0.05) is 46.4 Å². The van der Waals surface area contributed by atoms with Gasteiger partial charge in [-0.15, -0.1) is 23.2 Å². The summed E-state index contributed by atoms with van der Waals surface area (Å²) in [6.07, 6.45) is 0. The molecule has 0 aromatic heterocycles. The molecule has 0 bridgehead atoms. The monoisotopic (exact) mass is 564 g/mol. The first-order valence-electron chi connectivity index (χ1n) is 9.49. The van der Waals surface area contributed by atoms with Gasteiger partial charge in [0.2, 0.25) is 0 Å². The minimum absolute atomic E-state index is 0.206. The molecule has 6 nitrogen and oxygen atoms in total. The molecule has 0 saturated carbocycles. The maximum absolute atomic E-state index is 13.4. The predicted octanol–water partition coefficient (Wildman–Crippen LogP) is 6.65. The van der Waals surface area contributed by atoms with Crippen LogP contribution in [0.3, 0.4) is 0 Å². The van der Waals surface area contributed by atoms with Crippen molar-refractivity contribution in [2.75, 3.05) is 10.0 Å². The van der Waals surface area contributed by atoms with Crippen molar-refractivity contribution in [3.05, 3.63) is 56.5 Å². The van der Waals surface area contributed by atoms with Crippen LogP contribution >= 0.6 is 69.6 Å². The average molecular weight is 567 g/mol. The summed E-state index contributed by atoms with van der Waals surface area (Å²) in [5.41, 5.74) is 1.20. The Bertz CT molecular complexity index is 1250. The predicted molar refractivity (Wildman–Crippen MR) is 136 cm³/mol. The second-order valence-corrected chi connectivity index (χ2v) is 10.2. The molecule has 12 heteroatoms. The molecule has 172 valence electrons. The molecule has 0 radical (unpaired) electrons. The van der Waals surface area contributed by atoms with E-state index in [2.05, 4.69) is 10.2 Å². The van der Waals surface area contributed by atoms with Crippen molar-refractivity contribution in [2.24, 2.45) is 16.1 Å². The first-order chi connectivity index (χ1) is 15.5. The molecule has 0 fully saturated rings. The third kappa shape index (κ3) is 4.01. The van der Waals surface area contributed by atoms with E-state index in [1.807, 2.05) is 0 Å². The molecular weight excluding hydrogens is 553 g/mol. The van der Waals surface area contributed by atoms with Gasteiger partial charge in [0.25, 0.3) is 11.8 Å². The van der Waals surface area contributed by atoms with Crippen molar-refractivity contribution < 1.29 is 9.59 Å². The zero-order valence-electron chi connectivity index (χ0n) is 17.0. The standard InChI is InChI=1S/C21H14Cl6N4O2/c1-9-17(19(32)30(28-9)15-5-3-11(22)7-13(15)24)18(26)21(27)10(2)29-31(20(21)33)16-6-4-12(23)8-14(16)25/h3-8,17-18H,1-2H3. The normalized spacial score (nSPS) is 23.8. The second kappa shape index (κ2) is 8.91. The highest BCUT2D eigenvalue weighted by molar-refractivity contribution is 6.56. The zero-order chi connectivity index (χ0) is 24.2. The van der Waals surface area contributed by atoms with Gasteiger partial charge in [0.15, 0.2) is 4.87 Å². The summed E-state index contributed by atoms with van der Waals surface area (Å²) in [5, 5.41) is 10.8. The van der Waals surface area contributed by atoms with E-state index in [1.165, 1.54) is 12.1 Å². The van der Waals surface area contributed by atoms with Gasteiger partial charge >= 0.3 is 0 Å². The van der Waals surface area contributed by atoms with Crippen LogP contribution in [0.2, 0.25) is 20.1 Å². The van der Waals surface area contributed by atoms with E-state index in [0.29, 0.717) is 21.4 Å². The SMILES string of the molecule is CC1=NN(c2ccc(Cl)cc2Cl)C(=O)C1C(Cl)C1(Cl)C(=O)N(c2ccc(Cl)cc2Cl)N=C1C. The van der Waals surface area contributed by atoms with Crippen molar-refractivity contribution in [2.45, 2.75) is 24.1 Å². The Labute approximate surface area is 219 Å². The number of hydrazone groups is 2. The lowest BCUT2D eigenvalue weighted by Gasteiger charge is -2.29. The Morgan fingerprint density at radius 2 is 1.39 bits per heavy atom. The molecule has 2 heterocycles. The van der Waals surface area contributed by atoms with Gasteiger partial charge in [-0.05, 0) is 50.2 Å². The number of carbonyl (C=O) groups excluding carboxylic acids is 2. The van der Waals surface area contributed by atoms with Crippen LogP contribution in [0.1, 0.15) is 13.8 Å². The lowest BCUT2D eigenvalue weighted by atomic mass is 9.87. The van der Waals surface area contributed by atoms with E-state index in [1.54, 1.807) is 38.1 Å². The average Bonchev–Trinajstić information content (AvgIpc) is 3.15. The molecule has 2 aromatic rings. The smallest absolute Gasteiger partial charge is 0.272 e. The molecule has 0 N–H and O–H groups in total. The van der Waals surface area contributed by atoms with Gasteiger partial charge in [-0.25, -0.2) is 0 Å². The number of rotatable bonds is 4. The van der Waals surface area contributed by atoms with E-state index < -0.39 is 28.0 Å².